The van der Waals surface area contributed by atoms with E-state index in [0.29, 0.717) is 10.8 Å². The lowest BCUT2D eigenvalue weighted by Crippen LogP contribution is -2.18. The average molecular weight is 1310 g/mol. The molecule has 474 valence electrons. The van der Waals surface area contributed by atoms with Crippen LogP contribution < -0.4 is 4.90 Å². The number of rotatable bonds is 5. The van der Waals surface area contributed by atoms with Crippen molar-refractivity contribution < 1.29 is 1.43 Å². The van der Waals surface area contributed by atoms with Gasteiger partial charge in [0.05, 0.1) is 55.5 Å². The normalized spacial score (nSPS) is 12.1. The standard InChI is InChI=1S/C46H28N4.C26H16ClN3.C21H14.H2/c1-2-16-33(17-3-1)49-40-22-9-6-18-34(40)36-27-32(24-25-41(36)49)45-46(48-39-21-8-7-20-38(39)47-45)50-42-23-11-15-29-14-10-19-35(44(29)42)37-26-30-12-4-5-13-31(30)28-43(37)50;27-26-25(28-21-11-5-6-12-22(21)29-26)17-14-15-24-20(16-17)19-10-4-7-13-23(19)30(24)18-8-2-1-3-9-18;1-2-6-16-13-20-18(11-15(16)5-1)12-17-9-3-7-14-8-4-10-19(20)21(14)17;/h1-28H;1-16H;1-11,13H,12H2;1H/i;;;1+1. The molecule has 5 heterocycles. The number of hydrogen-bond donors (Lipinski definition) is 0. The van der Waals surface area contributed by atoms with Gasteiger partial charge in [0, 0.05) is 56.4 Å². The third kappa shape index (κ3) is 9.65. The Labute approximate surface area is 587 Å². The van der Waals surface area contributed by atoms with Crippen molar-refractivity contribution in [2.75, 3.05) is 4.90 Å². The lowest BCUT2D eigenvalue weighted by Gasteiger charge is -2.34. The number of fused-ring (bicyclic) bond motifs is 14. The molecule has 0 fully saturated rings. The molecule has 2 aliphatic rings. The van der Waals surface area contributed by atoms with Crippen molar-refractivity contribution in [3.8, 4) is 56.1 Å². The number of anilines is 3. The summed E-state index contributed by atoms with van der Waals surface area (Å²) in [5.74, 6) is 0.813. The van der Waals surface area contributed by atoms with E-state index in [1.54, 1.807) is 0 Å². The van der Waals surface area contributed by atoms with E-state index in [2.05, 4.69) is 316 Å². The molecule has 0 unspecified atom stereocenters. The molecule has 8 heteroatoms. The third-order valence-corrected chi connectivity index (χ3v) is 20.6. The molecule has 101 heavy (non-hydrogen) atoms. The Hall–Kier alpha value is -13.1. The zero-order valence-electron chi connectivity index (χ0n) is 54.5. The van der Waals surface area contributed by atoms with Crippen LogP contribution in [0.1, 0.15) is 12.6 Å². The molecule has 20 aromatic rings. The van der Waals surface area contributed by atoms with Gasteiger partial charge >= 0.3 is 0 Å². The molecular formula is C93H60ClN7. The van der Waals surface area contributed by atoms with Crippen molar-refractivity contribution >= 4 is 138 Å². The summed E-state index contributed by atoms with van der Waals surface area (Å²) in [6, 6.07) is 120. The Morgan fingerprint density at radius 1 is 0.277 bits per heavy atom. The number of hydrogen-bond acceptors (Lipinski definition) is 5. The van der Waals surface area contributed by atoms with Gasteiger partial charge < -0.3 is 9.13 Å². The van der Waals surface area contributed by atoms with Gasteiger partial charge in [0.25, 0.3) is 0 Å². The van der Waals surface area contributed by atoms with E-state index in [0.717, 1.165) is 90.3 Å². The molecule has 0 saturated carbocycles. The molecule has 0 atom stereocenters. The highest BCUT2D eigenvalue weighted by Gasteiger charge is 2.31. The second kappa shape index (κ2) is 23.6. The fraction of sp³-hybridized carbons (Fsp3) is 0.0108. The van der Waals surface area contributed by atoms with Crippen LogP contribution in [-0.2, 0) is 6.42 Å². The van der Waals surface area contributed by atoms with E-state index in [4.69, 9.17) is 26.6 Å². The summed E-state index contributed by atoms with van der Waals surface area (Å²) in [6.07, 6.45) is 1.04. The van der Waals surface area contributed by atoms with Crippen LogP contribution in [0, 0.1) is 0 Å². The minimum Gasteiger partial charge on any atom is -0.309 e. The van der Waals surface area contributed by atoms with Crippen molar-refractivity contribution in [2.24, 2.45) is 0 Å². The zero-order valence-corrected chi connectivity index (χ0v) is 55.3. The second-order valence-electron chi connectivity index (χ2n) is 26.2. The maximum Gasteiger partial charge on any atom is 0.165 e. The molecule has 1 aliphatic carbocycles. The second-order valence-corrected chi connectivity index (χ2v) is 26.5. The number of aromatic nitrogens is 6. The molecule has 0 saturated heterocycles. The summed E-state index contributed by atoms with van der Waals surface area (Å²) in [7, 11) is 0. The minimum absolute atomic E-state index is 0. The largest absolute Gasteiger partial charge is 0.309 e. The SMILES string of the molecule is Clc1nc2ccccc2nc1-c1ccc2c(c1)c1ccccc1n2-c1ccccc1.[2HH].c1ccc(-n2c3ccccc3c3cc(-c4nc5ccccc5nc4N4c5cc6ccccc6cc5-c5cccc6cccc4c56)ccc32)cc1.c1ccc2cc3c(cc2c1)Cc1cccc2cccc-3c12. The van der Waals surface area contributed by atoms with Gasteiger partial charge in [0.2, 0.25) is 0 Å². The van der Waals surface area contributed by atoms with Crippen LogP contribution in [0.2, 0.25) is 5.15 Å². The number of para-hydroxylation sites is 8. The average Bonchev–Trinajstić information content (AvgIpc) is 0.880. The van der Waals surface area contributed by atoms with E-state index < -0.39 is 0 Å². The topological polar surface area (TPSA) is 64.7 Å². The van der Waals surface area contributed by atoms with Crippen molar-refractivity contribution in [1.82, 2.24) is 29.1 Å². The predicted octanol–water partition coefficient (Wildman–Crippen LogP) is 25.0. The highest BCUT2D eigenvalue weighted by atomic mass is 35.5. The molecule has 4 aromatic heterocycles. The molecule has 0 spiro atoms. The summed E-state index contributed by atoms with van der Waals surface area (Å²) < 4.78 is 4.65. The first-order chi connectivity index (χ1) is 50.0. The molecule has 0 radical (unpaired) electrons. The third-order valence-electron chi connectivity index (χ3n) is 20.4. The van der Waals surface area contributed by atoms with Crippen LogP contribution >= 0.6 is 11.6 Å². The minimum atomic E-state index is 0. The lowest BCUT2D eigenvalue weighted by atomic mass is 9.82. The number of nitrogens with zero attached hydrogens (tertiary/aromatic N) is 7. The Balaban J connectivity index is 0.000000117. The molecule has 0 N–H and O–H groups in total. The smallest absolute Gasteiger partial charge is 0.165 e. The Kier molecular flexibility index (Phi) is 13.6. The van der Waals surface area contributed by atoms with Crippen LogP contribution in [0.15, 0.2) is 340 Å². The van der Waals surface area contributed by atoms with Gasteiger partial charge in [0.15, 0.2) is 11.0 Å². The quantitative estimate of drug-likeness (QED) is 0.172. The van der Waals surface area contributed by atoms with Gasteiger partial charge in [-0.15, -0.1) is 0 Å². The van der Waals surface area contributed by atoms with Crippen LogP contribution in [0.5, 0.6) is 0 Å². The van der Waals surface area contributed by atoms with Crippen LogP contribution in [0.3, 0.4) is 0 Å². The summed E-state index contributed by atoms with van der Waals surface area (Å²) in [4.78, 5) is 22.6. The zero-order chi connectivity index (χ0) is 66.7. The fourth-order valence-corrected chi connectivity index (χ4v) is 16.1. The molecular weight excluding hydrogens is 1250 g/mol. The molecule has 1 aliphatic heterocycles. The highest BCUT2D eigenvalue weighted by Crippen LogP contribution is 2.54. The van der Waals surface area contributed by atoms with E-state index >= 15 is 0 Å². The summed E-state index contributed by atoms with van der Waals surface area (Å²) >= 11 is 6.53. The first-order valence-corrected chi connectivity index (χ1v) is 34.6. The molecule has 7 nitrogen and oxygen atoms in total. The van der Waals surface area contributed by atoms with Crippen molar-refractivity contribution in [3.63, 3.8) is 0 Å². The molecule has 16 aromatic carbocycles. The Bertz CT molecular complexity index is 6770. The highest BCUT2D eigenvalue weighted by molar-refractivity contribution is 6.32. The van der Waals surface area contributed by atoms with Gasteiger partial charge in [-0.1, -0.05) is 242 Å². The first kappa shape index (κ1) is 58.1. The fourth-order valence-electron chi connectivity index (χ4n) is 15.9. The lowest BCUT2D eigenvalue weighted by molar-refractivity contribution is 1.17. The monoisotopic (exact) mass is 1310 g/mol. The number of benzene rings is 16. The van der Waals surface area contributed by atoms with E-state index in [1.165, 1.54) is 104 Å². The van der Waals surface area contributed by atoms with E-state index in [9.17, 15) is 0 Å². The molecule has 22 rings (SSSR count). The first-order valence-electron chi connectivity index (χ1n) is 34.2. The molecule has 0 bridgehead atoms. The van der Waals surface area contributed by atoms with E-state index in [1.807, 2.05) is 42.5 Å². The predicted molar refractivity (Wildman–Crippen MR) is 424 cm³/mol. The van der Waals surface area contributed by atoms with Crippen molar-refractivity contribution in [3.05, 3.63) is 356 Å². The van der Waals surface area contributed by atoms with Crippen LogP contribution in [-0.4, -0.2) is 29.1 Å². The van der Waals surface area contributed by atoms with Crippen LogP contribution in [0.4, 0.5) is 17.2 Å². The maximum atomic E-state index is 6.53. The summed E-state index contributed by atoms with van der Waals surface area (Å²) in [5.41, 5.74) is 24.1. The maximum absolute atomic E-state index is 6.53. The number of halogens is 1. The van der Waals surface area contributed by atoms with Crippen molar-refractivity contribution in [2.45, 2.75) is 6.42 Å². The van der Waals surface area contributed by atoms with Gasteiger partial charge in [0.1, 0.15) is 11.4 Å². The summed E-state index contributed by atoms with van der Waals surface area (Å²) in [5, 5.41) is 15.4. The molecule has 0 amide bonds. The van der Waals surface area contributed by atoms with Gasteiger partial charge in [-0.05, 0) is 181 Å². The Morgan fingerprint density at radius 3 is 1.32 bits per heavy atom. The van der Waals surface area contributed by atoms with E-state index in [-0.39, 0.29) is 1.43 Å². The van der Waals surface area contributed by atoms with Crippen molar-refractivity contribution in [1.29, 1.82) is 0 Å². The van der Waals surface area contributed by atoms with Crippen LogP contribution in [0.25, 0.3) is 165 Å². The van der Waals surface area contributed by atoms with Gasteiger partial charge in [-0.3, -0.25) is 4.90 Å². The Morgan fingerprint density at radius 2 is 0.713 bits per heavy atom. The van der Waals surface area contributed by atoms with Gasteiger partial charge in [-0.2, -0.15) is 0 Å². The van der Waals surface area contributed by atoms with Gasteiger partial charge in [-0.25, -0.2) is 19.9 Å². The summed E-state index contributed by atoms with van der Waals surface area (Å²) in [6.45, 7) is 0.